The van der Waals surface area contributed by atoms with Gasteiger partial charge in [-0.25, -0.2) is 4.79 Å². The van der Waals surface area contributed by atoms with E-state index in [-0.39, 0.29) is 12.0 Å². The largest absolute Gasteiger partial charge is 0.464 e. The molecule has 4 N–H and O–H groups in total. The third-order valence-electron chi connectivity index (χ3n) is 2.08. The molecule has 0 saturated heterocycles. The minimum atomic E-state index is -0.522. The number of benzene rings is 1. The van der Waals surface area contributed by atoms with E-state index in [9.17, 15) is 4.79 Å². The molecule has 94 valence electrons. The standard InChI is InChI=1S/C11H13N5O2/c1-2-18-11-15-9(14-10(17)16-11)13-8-5-3-7(12)4-6-8/h3-6H,2,12H2,1H3,(H2,13,14,15,16,17). The van der Waals surface area contributed by atoms with Crippen molar-refractivity contribution in [2.24, 2.45) is 0 Å². The van der Waals surface area contributed by atoms with Gasteiger partial charge >= 0.3 is 11.7 Å². The smallest absolute Gasteiger partial charge is 0.352 e. The normalized spacial score (nSPS) is 10.1. The summed E-state index contributed by atoms with van der Waals surface area (Å²) in [7, 11) is 0. The molecule has 0 radical (unpaired) electrons. The summed E-state index contributed by atoms with van der Waals surface area (Å²) in [6.45, 7) is 2.18. The minimum absolute atomic E-state index is 0.0409. The topological polar surface area (TPSA) is 106 Å². The van der Waals surface area contributed by atoms with Crippen molar-refractivity contribution in [3.63, 3.8) is 0 Å². The van der Waals surface area contributed by atoms with Crippen molar-refractivity contribution < 1.29 is 4.74 Å². The van der Waals surface area contributed by atoms with Crippen molar-refractivity contribution in [3.8, 4) is 6.01 Å². The number of hydrogen-bond acceptors (Lipinski definition) is 6. The van der Waals surface area contributed by atoms with Crippen LogP contribution in [0.15, 0.2) is 29.1 Å². The van der Waals surface area contributed by atoms with Gasteiger partial charge in [0.1, 0.15) is 0 Å². The Balaban J connectivity index is 2.23. The lowest BCUT2D eigenvalue weighted by Gasteiger charge is -2.06. The predicted molar refractivity (Wildman–Crippen MR) is 68.0 cm³/mol. The van der Waals surface area contributed by atoms with Gasteiger partial charge in [-0.3, -0.25) is 4.98 Å². The molecule has 2 rings (SSSR count). The average Bonchev–Trinajstić information content (AvgIpc) is 2.32. The predicted octanol–water partition coefficient (Wildman–Crippen LogP) is 0.889. The zero-order valence-corrected chi connectivity index (χ0v) is 9.80. The Labute approximate surface area is 103 Å². The fraction of sp³-hybridized carbons (Fsp3) is 0.182. The van der Waals surface area contributed by atoms with E-state index in [0.29, 0.717) is 12.3 Å². The third-order valence-corrected chi connectivity index (χ3v) is 2.08. The molecule has 2 aromatic rings. The summed E-state index contributed by atoms with van der Waals surface area (Å²) in [5, 5.41) is 2.93. The highest BCUT2D eigenvalue weighted by molar-refractivity contribution is 5.56. The number of nitrogens with one attached hydrogen (secondary N) is 2. The molecule has 1 aromatic carbocycles. The van der Waals surface area contributed by atoms with Crippen LogP contribution < -0.4 is 21.5 Å². The third kappa shape index (κ3) is 2.97. The summed E-state index contributed by atoms with van der Waals surface area (Å²) < 4.78 is 5.08. The van der Waals surface area contributed by atoms with Crippen molar-refractivity contribution in [3.05, 3.63) is 34.7 Å². The van der Waals surface area contributed by atoms with Crippen LogP contribution in [0.1, 0.15) is 6.92 Å². The lowest BCUT2D eigenvalue weighted by atomic mass is 10.3. The molecule has 1 heterocycles. The molecular formula is C11H13N5O2. The van der Waals surface area contributed by atoms with Gasteiger partial charge in [0.05, 0.1) is 6.61 Å². The van der Waals surface area contributed by atoms with Gasteiger partial charge in [-0.05, 0) is 31.2 Å². The molecule has 0 spiro atoms. The molecule has 0 fully saturated rings. The second-order valence-corrected chi connectivity index (χ2v) is 3.46. The highest BCUT2D eigenvalue weighted by Crippen LogP contribution is 2.14. The summed E-state index contributed by atoms with van der Waals surface area (Å²) in [4.78, 5) is 21.3. The van der Waals surface area contributed by atoms with E-state index in [4.69, 9.17) is 10.5 Å². The molecule has 7 heteroatoms. The Morgan fingerprint density at radius 2 is 2.06 bits per heavy atom. The molecular weight excluding hydrogens is 234 g/mol. The number of nitrogen functional groups attached to an aromatic ring is 1. The number of rotatable bonds is 4. The van der Waals surface area contributed by atoms with Gasteiger partial charge in [-0.15, -0.1) is 4.98 Å². The van der Waals surface area contributed by atoms with E-state index in [1.165, 1.54) is 0 Å². The van der Waals surface area contributed by atoms with Gasteiger partial charge in [0, 0.05) is 11.4 Å². The van der Waals surface area contributed by atoms with Crippen LogP contribution in [-0.2, 0) is 0 Å². The van der Waals surface area contributed by atoms with Gasteiger partial charge in [-0.2, -0.15) is 4.98 Å². The van der Waals surface area contributed by atoms with E-state index in [1.807, 2.05) is 0 Å². The van der Waals surface area contributed by atoms with Crippen molar-refractivity contribution in [2.45, 2.75) is 6.92 Å². The van der Waals surface area contributed by atoms with Crippen LogP contribution in [0.5, 0.6) is 6.01 Å². The van der Waals surface area contributed by atoms with Crippen LogP contribution in [-0.4, -0.2) is 21.6 Å². The summed E-state index contributed by atoms with van der Waals surface area (Å²) >= 11 is 0. The Kier molecular flexibility index (Phi) is 3.42. The van der Waals surface area contributed by atoms with Gasteiger partial charge in [0.25, 0.3) is 0 Å². The Morgan fingerprint density at radius 1 is 1.33 bits per heavy atom. The number of nitrogens with two attached hydrogens (primary N) is 1. The molecule has 1 aromatic heterocycles. The quantitative estimate of drug-likeness (QED) is 0.693. The fourth-order valence-corrected chi connectivity index (χ4v) is 1.32. The number of ether oxygens (including phenoxy) is 1. The van der Waals surface area contributed by atoms with Crippen molar-refractivity contribution >= 4 is 17.3 Å². The van der Waals surface area contributed by atoms with Crippen molar-refractivity contribution in [2.75, 3.05) is 17.7 Å². The SMILES string of the molecule is CCOc1nc(Nc2ccc(N)cc2)[nH]c(=O)n1. The van der Waals surface area contributed by atoms with E-state index < -0.39 is 5.69 Å². The van der Waals surface area contributed by atoms with E-state index in [1.54, 1.807) is 31.2 Å². The fourth-order valence-electron chi connectivity index (χ4n) is 1.32. The van der Waals surface area contributed by atoms with E-state index in [2.05, 4.69) is 20.3 Å². The second-order valence-electron chi connectivity index (χ2n) is 3.46. The first-order chi connectivity index (χ1) is 8.67. The number of anilines is 3. The molecule has 0 aliphatic rings. The zero-order chi connectivity index (χ0) is 13.0. The maximum absolute atomic E-state index is 11.3. The van der Waals surface area contributed by atoms with Crippen LogP contribution in [0.3, 0.4) is 0 Å². The van der Waals surface area contributed by atoms with Crippen LogP contribution in [0.4, 0.5) is 17.3 Å². The highest BCUT2D eigenvalue weighted by Gasteiger charge is 2.03. The Bertz CT molecular complexity index is 579. The minimum Gasteiger partial charge on any atom is -0.464 e. The maximum atomic E-state index is 11.3. The van der Waals surface area contributed by atoms with Gasteiger partial charge in [0.2, 0.25) is 5.95 Å². The number of nitrogens with zero attached hydrogens (tertiary/aromatic N) is 2. The molecule has 18 heavy (non-hydrogen) atoms. The van der Waals surface area contributed by atoms with Crippen LogP contribution >= 0.6 is 0 Å². The number of hydrogen-bond donors (Lipinski definition) is 3. The summed E-state index contributed by atoms with van der Waals surface area (Å²) in [6, 6.07) is 7.07. The van der Waals surface area contributed by atoms with E-state index in [0.717, 1.165) is 5.69 Å². The number of aromatic amines is 1. The lowest BCUT2D eigenvalue weighted by molar-refractivity contribution is 0.310. The molecule has 0 amide bonds. The molecule has 0 aliphatic heterocycles. The molecule has 0 unspecified atom stereocenters. The van der Waals surface area contributed by atoms with Gasteiger partial charge in [-0.1, -0.05) is 0 Å². The van der Waals surface area contributed by atoms with Crippen molar-refractivity contribution in [1.82, 2.24) is 15.0 Å². The monoisotopic (exact) mass is 247 g/mol. The van der Waals surface area contributed by atoms with E-state index >= 15 is 0 Å². The highest BCUT2D eigenvalue weighted by atomic mass is 16.5. The Morgan fingerprint density at radius 3 is 2.72 bits per heavy atom. The van der Waals surface area contributed by atoms with Crippen LogP contribution in [0, 0.1) is 0 Å². The first kappa shape index (κ1) is 11.9. The molecule has 0 bridgehead atoms. The first-order valence-corrected chi connectivity index (χ1v) is 5.41. The first-order valence-electron chi connectivity index (χ1n) is 5.41. The number of aromatic nitrogens is 3. The molecule has 0 aliphatic carbocycles. The Hall–Kier alpha value is -2.57. The molecule has 0 saturated carbocycles. The lowest BCUT2D eigenvalue weighted by Crippen LogP contribution is -2.16. The second kappa shape index (κ2) is 5.17. The summed E-state index contributed by atoms with van der Waals surface area (Å²) in [6.07, 6.45) is 0. The van der Waals surface area contributed by atoms with Gasteiger partial charge in [0.15, 0.2) is 0 Å². The van der Waals surface area contributed by atoms with Crippen LogP contribution in [0.25, 0.3) is 0 Å². The molecule has 7 nitrogen and oxygen atoms in total. The maximum Gasteiger partial charge on any atom is 0.352 e. The van der Waals surface area contributed by atoms with Crippen LogP contribution in [0.2, 0.25) is 0 Å². The summed E-state index contributed by atoms with van der Waals surface area (Å²) in [5.41, 5.74) is 6.46. The van der Waals surface area contributed by atoms with Gasteiger partial charge < -0.3 is 15.8 Å². The zero-order valence-electron chi connectivity index (χ0n) is 9.80. The average molecular weight is 247 g/mol. The number of H-pyrrole nitrogens is 1. The van der Waals surface area contributed by atoms with Crippen molar-refractivity contribution in [1.29, 1.82) is 0 Å². The molecule has 0 atom stereocenters. The summed E-state index contributed by atoms with van der Waals surface area (Å²) in [5.74, 6) is 0.267.